The lowest BCUT2D eigenvalue weighted by molar-refractivity contribution is -0.123. The van der Waals surface area contributed by atoms with E-state index in [-0.39, 0.29) is 12.5 Å². The van der Waals surface area contributed by atoms with Crippen LogP contribution in [0.5, 0.6) is 17.2 Å². The second-order valence-electron chi connectivity index (χ2n) is 5.54. The van der Waals surface area contributed by atoms with Crippen LogP contribution in [0.25, 0.3) is 0 Å². The van der Waals surface area contributed by atoms with E-state index in [1.54, 1.807) is 0 Å². The first kappa shape index (κ1) is 16.2. The fourth-order valence-electron chi connectivity index (χ4n) is 2.42. The number of aryl methyl sites for hydroxylation is 1. The molecule has 2 aromatic carbocycles. The SMILES string of the molecule is CCc1ccc(OCC(=O)NCc2ccc3c(c2)OCCO3)cc1. The number of nitrogens with one attached hydrogen (secondary N) is 1. The minimum atomic E-state index is -0.163. The van der Waals surface area contributed by atoms with Gasteiger partial charge in [-0.05, 0) is 41.8 Å². The molecule has 0 saturated heterocycles. The van der Waals surface area contributed by atoms with E-state index in [4.69, 9.17) is 14.2 Å². The van der Waals surface area contributed by atoms with Crippen LogP contribution in [-0.4, -0.2) is 25.7 Å². The lowest BCUT2D eigenvalue weighted by atomic mass is 10.2. The molecule has 0 bridgehead atoms. The summed E-state index contributed by atoms with van der Waals surface area (Å²) in [6.45, 7) is 3.64. The van der Waals surface area contributed by atoms with Crippen molar-refractivity contribution in [3.63, 3.8) is 0 Å². The number of ether oxygens (including phenoxy) is 3. The molecule has 0 spiro atoms. The largest absolute Gasteiger partial charge is 0.486 e. The van der Waals surface area contributed by atoms with Gasteiger partial charge >= 0.3 is 0 Å². The van der Waals surface area contributed by atoms with Crippen molar-refractivity contribution in [2.24, 2.45) is 0 Å². The molecule has 1 aliphatic heterocycles. The van der Waals surface area contributed by atoms with Gasteiger partial charge < -0.3 is 19.5 Å². The van der Waals surface area contributed by atoms with Gasteiger partial charge in [-0.25, -0.2) is 0 Å². The van der Waals surface area contributed by atoms with Gasteiger partial charge in [-0.2, -0.15) is 0 Å². The van der Waals surface area contributed by atoms with Gasteiger partial charge in [0.05, 0.1) is 0 Å². The average molecular weight is 327 g/mol. The number of benzene rings is 2. The van der Waals surface area contributed by atoms with E-state index in [1.807, 2.05) is 42.5 Å². The highest BCUT2D eigenvalue weighted by atomic mass is 16.6. The number of carbonyl (C=O) groups excluding carboxylic acids is 1. The molecule has 1 aliphatic rings. The molecule has 3 rings (SSSR count). The zero-order chi connectivity index (χ0) is 16.8. The van der Waals surface area contributed by atoms with E-state index in [9.17, 15) is 4.79 Å². The quantitative estimate of drug-likeness (QED) is 0.886. The normalized spacial score (nSPS) is 12.5. The summed E-state index contributed by atoms with van der Waals surface area (Å²) in [6, 6.07) is 13.4. The van der Waals surface area contributed by atoms with Crippen LogP contribution in [0, 0.1) is 0 Å². The third-order valence-electron chi connectivity index (χ3n) is 3.80. The highest BCUT2D eigenvalue weighted by Gasteiger charge is 2.12. The molecular formula is C19H21NO4. The van der Waals surface area contributed by atoms with Gasteiger partial charge in [0.1, 0.15) is 19.0 Å². The zero-order valence-electron chi connectivity index (χ0n) is 13.7. The van der Waals surface area contributed by atoms with E-state index in [0.29, 0.717) is 25.5 Å². The maximum Gasteiger partial charge on any atom is 0.258 e. The smallest absolute Gasteiger partial charge is 0.258 e. The van der Waals surface area contributed by atoms with Gasteiger partial charge in [0, 0.05) is 6.54 Å². The average Bonchev–Trinajstić information content (AvgIpc) is 2.65. The molecular weight excluding hydrogens is 306 g/mol. The fraction of sp³-hybridized carbons (Fsp3) is 0.316. The zero-order valence-corrected chi connectivity index (χ0v) is 13.7. The molecule has 24 heavy (non-hydrogen) atoms. The molecule has 0 radical (unpaired) electrons. The fourth-order valence-corrected chi connectivity index (χ4v) is 2.42. The maximum absolute atomic E-state index is 11.9. The van der Waals surface area contributed by atoms with Crippen LogP contribution in [0.1, 0.15) is 18.1 Å². The Kier molecular flexibility index (Phi) is 5.21. The van der Waals surface area contributed by atoms with E-state index in [0.717, 1.165) is 23.5 Å². The van der Waals surface area contributed by atoms with E-state index in [1.165, 1.54) is 5.56 Å². The van der Waals surface area contributed by atoms with E-state index >= 15 is 0 Å². The molecule has 5 nitrogen and oxygen atoms in total. The van der Waals surface area contributed by atoms with Crippen LogP contribution >= 0.6 is 0 Å². The maximum atomic E-state index is 11.9. The Labute approximate surface area is 141 Å². The predicted octanol–water partition coefficient (Wildman–Crippen LogP) is 2.72. The molecule has 1 amide bonds. The Balaban J connectivity index is 1.46. The monoisotopic (exact) mass is 327 g/mol. The van der Waals surface area contributed by atoms with Crippen LogP contribution in [0.2, 0.25) is 0 Å². The van der Waals surface area contributed by atoms with Crippen molar-refractivity contribution in [3.8, 4) is 17.2 Å². The molecule has 5 heteroatoms. The lowest BCUT2D eigenvalue weighted by Crippen LogP contribution is -2.28. The van der Waals surface area contributed by atoms with E-state index in [2.05, 4.69) is 12.2 Å². The van der Waals surface area contributed by atoms with Gasteiger partial charge in [-0.1, -0.05) is 25.1 Å². The Morgan fingerprint density at radius 2 is 1.75 bits per heavy atom. The third-order valence-corrected chi connectivity index (χ3v) is 3.80. The van der Waals surface area contributed by atoms with Gasteiger partial charge in [0.25, 0.3) is 5.91 Å². The Morgan fingerprint density at radius 1 is 1.04 bits per heavy atom. The number of rotatable bonds is 6. The van der Waals surface area contributed by atoms with Gasteiger partial charge in [0.15, 0.2) is 18.1 Å². The van der Waals surface area contributed by atoms with Crippen molar-refractivity contribution in [2.45, 2.75) is 19.9 Å². The molecule has 0 fully saturated rings. The molecule has 0 atom stereocenters. The summed E-state index contributed by atoms with van der Waals surface area (Å²) >= 11 is 0. The van der Waals surface area contributed by atoms with Crippen molar-refractivity contribution in [2.75, 3.05) is 19.8 Å². The van der Waals surface area contributed by atoms with Crippen LogP contribution in [-0.2, 0) is 17.8 Å². The molecule has 0 unspecified atom stereocenters. The van der Waals surface area contributed by atoms with Crippen molar-refractivity contribution in [1.29, 1.82) is 0 Å². The van der Waals surface area contributed by atoms with E-state index < -0.39 is 0 Å². The summed E-state index contributed by atoms with van der Waals surface area (Å²) < 4.78 is 16.5. The topological polar surface area (TPSA) is 56.8 Å². The second-order valence-corrected chi connectivity index (χ2v) is 5.54. The first-order valence-electron chi connectivity index (χ1n) is 8.11. The van der Waals surface area contributed by atoms with Crippen molar-refractivity contribution in [1.82, 2.24) is 5.32 Å². The van der Waals surface area contributed by atoms with Crippen molar-refractivity contribution < 1.29 is 19.0 Å². The van der Waals surface area contributed by atoms with Gasteiger partial charge in [0.2, 0.25) is 0 Å². The van der Waals surface area contributed by atoms with Crippen molar-refractivity contribution >= 4 is 5.91 Å². The highest BCUT2D eigenvalue weighted by molar-refractivity contribution is 5.77. The van der Waals surface area contributed by atoms with Crippen LogP contribution in [0.3, 0.4) is 0 Å². The molecule has 2 aromatic rings. The number of hydrogen-bond donors (Lipinski definition) is 1. The highest BCUT2D eigenvalue weighted by Crippen LogP contribution is 2.30. The summed E-state index contributed by atoms with van der Waals surface area (Å²) in [6.07, 6.45) is 0.982. The van der Waals surface area contributed by atoms with Crippen LogP contribution < -0.4 is 19.5 Å². The number of carbonyl (C=O) groups is 1. The number of hydrogen-bond acceptors (Lipinski definition) is 4. The minimum absolute atomic E-state index is 0.00394. The number of fused-ring (bicyclic) bond motifs is 1. The molecule has 0 aliphatic carbocycles. The Hall–Kier alpha value is -2.69. The summed E-state index contributed by atoms with van der Waals surface area (Å²) in [5.74, 6) is 2.00. The molecule has 126 valence electrons. The summed E-state index contributed by atoms with van der Waals surface area (Å²) in [4.78, 5) is 11.9. The summed E-state index contributed by atoms with van der Waals surface area (Å²) in [7, 11) is 0. The Morgan fingerprint density at radius 3 is 2.50 bits per heavy atom. The van der Waals surface area contributed by atoms with Crippen LogP contribution in [0.15, 0.2) is 42.5 Å². The molecule has 0 saturated carbocycles. The lowest BCUT2D eigenvalue weighted by Gasteiger charge is -2.19. The van der Waals surface area contributed by atoms with Gasteiger partial charge in [-0.15, -0.1) is 0 Å². The summed E-state index contributed by atoms with van der Waals surface area (Å²) in [5, 5.41) is 2.84. The van der Waals surface area contributed by atoms with Crippen LogP contribution in [0.4, 0.5) is 0 Å². The standard InChI is InChI=1S/C19H21NO4/c1-2-14-3-6-16(7-4-14)24-13-19(21)20-12-15-5-8-17-18(11-15)23-10-9-22-17/h3-8,11H,2,9-10,12-13H2,1H3,(H,20,21). The molecule has 1 heterocycles. The first-order chi connectivity index (χ1) is 11.7. The second kappa shape index (κ2) is 7.73. The Bertz CT molecular complexity index is 697. The summed E-state index contributed by atoms with van der Waals surface area (Å²) in [5.41, 5.74) is 2.20. The first-order valence-corrected chi connectivity index (χ1v) is 8.11. The molecule has 0 aromatic heterocycles. The third kappa shape index (κ3) is 4.19. The molecule has 1 N–H and O–H groups in total. The number of amides is 1. The van der Waals surface area contributed by atoms with Gasteiger partial charge in [-0.3, -0.25) is 4.79 Å². The minimum Gasteiger partial charge on any atom is -0.486 e. The van der Waals surface area contributed by atoms with Crippen molar-refractivity contribution in [3.05, 3.63) is 53.6 Å². The predicted molar refractivity (Wildman–Crippen MR) is 90.6 cm³/mol.